The van der Waals surface area contributed by atoms with Gasteiger partial charge in [0.2, 0.25) is 6.04 Å². The number of nitro groups is 1. The lowest BCUT2D eigenvalue weighted by molar-refractivity contribution is -0.531. The van der Waals surface area contributed by atoms with Crippen LogP contribution in [0.15, 0.2) is 0 Å². The highest BCUT2D eigenvalue weighted by molar-refractivity contribution is 4.69. The average Bonchev–Trinajstić information content (AvgIpc) is 2.05. The smallest absolute Gasteiger partial charge is 0.217 e. The van der Waals surface area contributed by atoms with Crippen LogP contribution in [0.1, 0.15) is 12.8 Å². The maximum absolute atomic E-state index is 10.3. The van der Waals surface area contributed by atoms with Crippen LogP contribution >= 0.6 is 0 Å². The fourth-order valence-corrected chi connectivity index (χ4v) is 1.18. The predicted molar refractivity (Wildman–Crippen MR) is 36.8 cm³/mol. The van der Waals surface area contributed by atoms with E-state index in [1.807, 2.05) is 0 Å². The topological polar surface area (TPSA) is 72.6 Å². The molecule has 1 rings (SSSR count). The fraction of sp³-hybridized carbons (Fsp3) is 1.00. The standard InChI is InChI=1S/C6H11NO4/c8-4-6-3-5(7(9)10)1-2-11-6/h5-6,8H,1-4H2/t5-,6+/m0/s1. The van der Waals surface area contributed by atoms with Gasteiger partial charge in [-0.15, -0.1) is 0 Å². The van der Waals surface area contributed by atoms with Gasteiger partial charge in [-0.3, -0.25) is 10.1 Å². The van der Waals surface area contributed by atoms with E-state index in [1.165, 1.54) is 0 Å². The number of aliphatic hydroxyl groups is 1. The van der Waals surface area contributed by atoms with Crippen molar-refractivity contribution < 1.29 is 14.8 Å². The van der Waals surface area contributed by atoms with Crippen LogP contribution in [0, 0.1) is 10.1 Å². The number of hydrogen-bond acceptors (Lipinski definition) is 4. The van der Waals surface area contributed by atoms with Gasteiger partial charge >= 0.3 is 0 Å². The van der Waals surface area contributed by atoms with Crippen LogP contribution in [-0.2, 0) is 4.74 Å². The van der Waals surface area contributed by atoms with E-state index in [2.05, 4.69) is 0 Å². The summed E-state index contributed by atoms with van der Waals surface area (Å²) in [5.41, 5.74) is 0. The van der Waals surface area contributed by atoms with Crippen molar-refractivity contribution in [3.05, 3.63) is 10.1 Å². The van der Waals surface area contributed by atoms with Gasteiger partial charge in [-0.25, -0.2) is 0 Å². The summed E-state index contributed by atoms with van der Waals surface area (Å²) in [6, 6.07) is -0.527. The lowest BCUT2D eigenvalue weighted by Gasteiger charge is -2.22. The van der Waals surface area contributed by atoms with Gasteiger partial charge in [-0.1, -0.05) is 0 Å². The number of rotatable bonds is 2. The first-order valence-electron chi connectivity index (χ1n) is 3.60. The highest BCUT2D eigenvalue weighted by Crippen LogP contribution is 2.15. The molecule has 5 nitrogen and oxygen atoms in total. The second kappa shape index (κ2) is 3.64. The first-order valence-corrected chi connectivity index (χ1v) is 3.60. The predicted octanol–water partition coefficient (Wildman–Crippen LogP) is -0.197. The summed E-state index contributed by atoms with van der Waals surface area (Å²) in [4.78, 5) is 9.98. The highest BCUT2D eigenvalue weighted by atomic mass is 16.6. The van der Waals surface area contributed by atoms with Crippen LogP contribution in [-0.4, -0.2) is 35.4 Å². The number of aliphatic hydroxyl groups excluding tert-OH is 1. The van der Waals surface area contributed by atoms with Crippen LogP contribution in [0.4, 0.5) is 0 Å². The Bertz CT molecular complexity index is 150. The lowest BCUT2D eigenvalue weighted by atomic mass is 10.0. The van der Waals surface area contributed by atoms with Crippen molar-refractivity contribution in [1.29, 1.82) is 0 Å². The van der Waals surface area contributed by atoms with E-state index in [-0.39, 0.29) is 17.6 Å². The molecule has 1 aliphatic heterocycles. The second-order valence-electron chi connectivity index (χ2n) is 2.64. The first kappa shape index (κ1) is 8.42. The van der Waals surface area contributed by atoms with Gasteiger partial charge in [0.25, 0.3) is 0 Å². The Hall–Kier alpha value is -0.680. The van der Waals surface area contributed by atoms with Gasteiger partial charge in [0.05, 0.1) is 19.3 Å². The third kappa shape index (κ3) is 2.13. The molecule has 5 heteroatoms. The van der Waals surface area contributed by atoms with Crippen LogP contribution in [0.5, 0.6) is 0 Å². The Labute approximate surface area is 64.1 Å². The van der Waals surface area contributed by atoms with E-state index in [4.69, 9.17) is 9.84 Å². The molecular weight excluding hydrogens is 150 g/mol. The van der Waals surface area contributed by atoms with E-state index in [1.54, 1.807) is 0 Å². The molecule has 1 saturated heterocycles. The van der Waals surface area contributed by atoms with Crippen molar-refractivity contribution in [3.63, 3.8) is 0 Å². The molecule has 11 heavy (non-hydrogen) atoms. The summed E-state index contributed by atoms with van der Waals surface area (Å²) in [6.45, 7) is 0.265. The second-order valence-corrected chi connectivity index (χ2v) is 2.64. The normalized spacial score (nSPS) is 31.7. The largest absolute Gasteiger partial charge is 0.394 e. The zero-order valence-corrected chi connectivity index (χ0v) is 6.10. The molecule has 0 amide bonds. The van der Waals surface area contributed by atoms with Crippen molar-refractivity contribution in [2.75, 3.05) is 13.2 Å². The van der Waals surface area contributed by atoms with E-state index in [0.29, 0.717) is 19.4 Å². The molecule has 0 radical (unpaired) electrons. The minimum absolute atomic E-state index is 0.121. The Morgan fingerprint density at radius 1 is 1.73 bits per heavy atom. The summed E-state index contributed by atoms with van der Waals surface area (Å²) >= 11 is 0. The monoisotopic (exact) mass is 161 g/mol. The highest BCUT2D eigenvalue weighted by Gasteiger charge is 2.29. The summed E-state index contributed by atoms with van der Waals surface area (Å²) in [6.07, 6.45) is 0.464. The molecule has 0 aromatic rings. The van der Waals surface area contributed by atoms with E-state index < -0.39 is 6.04 Å². The molecule has 1 aliphatic rings. The number of nitrogens with zero attached hydrogens (tertiary/aromatic N) is 1. The minimum atomic E-state index is -0.527. The SMILES string of the molecule is O=[N+]([O-])[C@H]1CCO[C@@H](CO)C1. The van der Waals surface area contributed by atoms with Crippen molar-refractivity contribution in [2.24, 2.45) is 0 Å². The summed E-state index contributed by atoms with van der Waals surface area (Å²) in [7, 11) is 0. The Morgan fingerprint density at radius 3 is 3.00 bits per heavy atom. The summed E-state index contributed by atoms with van der Waals surface area (Å²) < 4.78 is 5.05. The van der Waals surface area contributed by atoms with Gasteiger partial charge in [-0.2, -0.15) is 0 Å². The molecule has 64 valence electrons. The molecule has 0 saturated carbocycles. The lowest BCUT2D eigenvalue weighted by Crippen LogP contribution is -2.35. The minimum Gasteiger partial charge on any atom is -0.394 e. The zero-order valence-electron chi connectivity index (χ0n) is 6.10. The number of hydrogen-bond donors (Lipinski definition) is 1. The van der Waals surface area contributed by atoms with E-state index in [0.717, 1.165) is 0 Å². The van der Waals surface area contributed by atoms with Crippen LogP contribution < -0.4 is 0 Å². The van der Waals surface area contributed by atoms with Gasteiger partial charge < -0.3 is 9.84 Å². The van der Waals surface area contributed by atoms with Crippen LogP contribution in [0.25, 0.3) is 0 Å². The molecule has 0 aliphatic carbocycles. The molecule has 0 unspecified atom stereocenters. The molecule has 0 aromatic carbocycles. The maximum atomic E-state index is 10.3. The van der Waals surface area contributed by atoms with Crippen LogP contribution in [0.2, 0.25) is 0 Å². The Morgan fingerprint density at radius 2 is 2.45 bits per heavy atom. The average molecular weight is 161 g/mol. The van der Waals surface area contributed by atoms with Crippen molar-refractivity contribution in [2.45, 2.75) is 25.0 Å². The van der Waals surface area contributed by atoms with Crippen LogP contribution in [0.3, 0.4) is 0 Å². The fourth-order valence-electron chi connectivity index (χ4n) is 1.18. The summed E-state index contributed by atoms with van der Waals surface area (Å²) in [5, 5.41) is 18.9. The third-order valence-corrected chi connectivity index (χ3v) is 1.84. The third-order valence-electron chi connectivity index (χ3n) is 1.84. The molecule has 1 fully saturated rings. The molecule has 0 aromatic heterocycles. The molecule has 2 atom stereocenters. The van der Waals surface area contributed by atoms with E-state index >= 15 is 0 Å². The zero-order chi connectivity index (χ0) is 8.27. The molecule has 1 heterocycles. The quantitative estimate of drug-likeness (QED) is 0.449. The Balaban J connectivity index is 2.39. The number of ether oxygens (including phenoxy) is 1. The molecular formula is C6H11NO4. The van der Waals surface area contributed by atoms with Gasteiger partial charge in [0, 0.05) is 17.8 Å². The van der Waals surface area contributed by atoms with E-state index in [9.17, 15) is 10.1 Å². The van der Waals surface area contributed by atoms with Crippen molar-refractivity contribution >= 4 is 0 Å². The summed E-state index contributed by atoms with van der Waals surface area (Å²) in [5.74, 6) is 0. The maximum Gasteiger partial charge on any atom is 0.217 e. The van der Waals surface area contributed by atoms with Gasteiger partial charge in [0.1, 0.15) is 0 Å². The molecule has 0 bridgehead atoms. The first-order chi connectivity index (χ1) is 5.24. The van der Waals surface area contributed by atoms with Crippen molar-refractivity contribution in [3.8, 4) is 0 Å². The van der Waals surface area contributed by atoms with Crippen molar-refractivity contribution in [1.82, 2.24) is 0 Å². The van der Waals surface area contributed by atoms with Gasteiger partial charge in [-0.05, 0) is 0 Å². The van der Waals surface area contributed by atoms with Gasteiger partial charge in [0.15, 0.2) is 0 Å². The molecule has 1 N–H and O–H groups in total. The Kier molecular flexibility index (Phi) is 2.78. The molecule has 0 spiro atoms.